The van der Waals surface area contributed by atoms with Gasteiger partial charge in [0.25, 0.3) is 0 Å². The molecule has 0 aliphatic carbocycles. The molecule has 2 aromatic rings. The third-order valence-electron chi connectivity index (χ3n) is 2.27. The van der Waals surface area contributed by atoms with Crippen LogP contribution in [-0.4, -0.2) is 4.98 Å². The lowest BCUT2D eigenvalue weighted by Crippen LogP contribution is -1.92. The van der Waals surface area contributed by atoms with Crippen molar-refractivity contribution in [3.05, 3.63) is 57.9 Å². The second-order valence-electron chi connectivity index (χ2n) is 3.49. The molecule has 0 radical (unpaired) electrons. The number of benzene rings is 1. The minimum atomic E-state index is -0.440. The normalized spacial score (nSPS) is 10.1. The van der Waals surface area contributed by atoms with E-state index >= 15 is 0 Å². The van der Waals surface area contributed by atoms with Gasteiger partial charge in [-0.05, 0) is 39.7 Å². The quantitative estimate of drug-likeness (QED) is 0.796. The summed E-state index contributed by atoms with van der Waals surface area (Å²) in [5.41, 5.74) is 0.598. The van der Waals surface area contributed by atoms with Crippen molar-refractivity contribution in [3.63, 3.8) is 0 Å². The Morgan fingerprint density at radius 3 is 2.83 bits per heavy atom. The van der Waals surface area contributed by atoms with Crippen molar-refractivity contribution in [2.45, 2.75) is 10.8 Å². The van der Waals surface area contributed by atoms with Gasteiger partial charge in [-0.25, -0.2) is 9.37 Å². The smallest absolute Gasteiger partial charge is 0.144 e. The summed E-state index contributed by atoms with van der Waals surface area (Å²) < 4.78 is 14.7. The van der Waals surface area contributed by atoms with Crippen LogP contribution in [-0.2, 0) is 5.75 Å². The first-order chi connectivity index (χ1) is 8.70. The fourth-order valence-electron chi connectivity index (χ4n) is 1.38. The molecule has 0 aliphatic rings. The maximum absolute atomic E-state index is 13.8. The van der Waals surface area contributed by atoms with Gasteiger partial charge in [0, 0.05) is 16.4 Å². The van der Waals surface area contributed by atoms with Gasteiger partial charge in [-0.3, -0.25) is 0 Å². The summed E-state index contributed by atoms with van der Waals surface area (Å²) >= 11 is 4.74. The van der Waals surface area contributed by atoms with E-state index in [-0.39, 0.29) is 5.56 Å². The van der Waals surface area contributed by atoms with Crippen molar-refractivity contribution in [1.29, 1.82) is 5.26 Å². The highest BCUT2D eigenvalue weighted by Gasteiger charge is 2.08. The average molecular weight is 323 g/mol. The first kappa shape index (κ1) is 13.1. The fourth-order valence-corrected chi connectivity index (χ4v) is 2.43. The van der Waals surface area contributed by atoms with E-state index in [1.165, 1.54) is 17.8 Å². The first-order valence-corrected chi connectivity index (χ1v) is 6.90. The molecule has 0 atom stereocenters. The minimum Gasteiger partial charge on any atom is -0.249 e. The molecular weight excluding hydrogens is 315 g/mol. The average Bonchev–Trinajstić information content (AvgIpc) is 2.39. The zero-order valence-corrected chi connectivity index (χ0v) is 11.6. The van der Waals surface area contributed by atoms with Crippen LogP contribution in [0.25, 0.3) is 0 Å². The van der Waals surface area contributed by atoms with Gasteiger partial charge in [-0.2, -0.15) is 5.26 Å². The second kappa shape index (κ2) is 5.98. The lowest BCUT2D eigenvalue weighted by Gasteiger charge is -2.04. The van der Waals surface area contributed by atoms with Gasteiger partial charge < -0.3 is 0 Å². The van der Waals surface area contributed by atoms with Crippen LogP contribution in [0.2, 0.25) is 0 Å². The first-order valence-electron chi connectivity index (χ1n) is 5.12. The molecule has 1 aromatic heterocycles. The number of hydrogen-bond acceptors (Lipinski definition) is 3. The van der Waals surface area contributed by atoms with Gasteiger partial charge in [0.05, 0.1) is 10.6 Å². The zero-order chi connectivity index (χ0) is 13.0. The van der Waals surface area contributed by atoms with Crippen molar-refractivity contribution in [1.82, 2.24) is 4.98 Å². The van der Waals surface area contributed by atoms with Crippen molar-refractivity contribution in [2.75, 3.05) is 0 Å². The van der Waals surface area contributed by atoms with Crippen LogP contribution in [0.4, 0.5) is 4.39 Å². The predicted octanol–water partition coefficient (Wildman–Crippen LogP) is 4.15. The molecule has 2 nitrogen and oxygen atoms in total. The van der Waals surface area contributed by atoms with E-state index in [1.54, 1.807) is 18.3 Å². The fraction of sp³-hybridized carbons (Fsp3) is 0.0769. The number of thioether (sulfide) groups is 1. The SMILES string of the molecule is N#Cc1cccc(CSc2ccc(Br)cn2)c1F. The summed E-state index contributed by atoms with van der Waals surface area (Å²) in [5, 5.41) is 9.56. The van der Waals surface area contributed by atoms with Gasteiger partial charge in [0.1, 0.15) is 11.9 Å². The summed E-state index contributed by atoms with van der Waals surface area (Å²) in [5.74, 6) is 0.0142. The van der Waals surface area contributed by atoms with Crippen LogP contribution in [0.5, 0.6) is 0 Å². The molecule has 0 amide bonds. The molecule has 1 aromatic carbocycles. The molecule has 0 spiro atoms. The molecule has 0 saturated heterocycles. The number of nitriles is 1. The highest BCUT2D eigenvalue weighted by molar-refractivity contribution is 9.10. The molecule has 0 aliphatic heterocycles. The Morgan fingerprint density at radius 2 is 2.17 bits per heavy atom. The Balaban J connectivity index is 2.11. The van der Waals surface area contributed by atoms with Crippen molar-refractivity contribution in [3.8, 4) is 6.07 Å². The Labute approximate surface area is 117 Å². The number of halogens is 2. The van der Waals surface area contributed by atoms with E-state index in [4.69, 9.17) is 5.26 Å². The summed E-state index contributed by atoms with van der Waals surface area (Å²) in [6, 6.07) is 10.4. The van der Waals surface area contributed by atoms with E-state index in [0.29, 0.717) is 11.3 Å². The van der Waals surface area contributed by atoms with Crippen LogP contribution in [0.3, 0.4) is 0 Å². The van der Waals surface area contributed by atoms with Crippen LogP contribution in [0, 0.1) is 17.1 Å². The molecule has 90 valence electrons. The molecule has 2 rings (SSSR count). The number of aromatic nitrogens is 1. The summed E-state index contributed by atoms with van der Waals surface area (Å²) in [6.45, 7) is 0. The molecule has 0 saturated carbocycles. The lowest BCUT2D eigenvalue weighted by atomic mass is 10.1. The number of nitrogens with zero attached hydrogens (tertiary/aromatic N) is 2. The highest BCUT2D eigenvalue weighted by Crippen LogP contribution is 2.24. The molecular formula is C13H8BrFN2S. The Hall–Kier alpha value is -1.38. The molecule has 0 unspecified atom stereocenters. The summed E-state index contributed by atoms with van der Waals surface area (Å²) in [7, 11) is 0. The third-order valence-corrected chi connectivity index (χ3v) is 3.74. The van der Waals surface area contributed by atoms with Crippen molar-refractivity contribution in [2.24, 2.45) is 0 Å². The summed E-state index contributed by atoms with van der Waals surface area (Å²) in [6.07, 6.45) is 1.70. The number of rotatable bonds is 3. The molecule has 0 N–H and O–H groups in total. The Kier molecular flexibility index (Phi) is 4.34. The zero-order valence-electron chi connectivity index (χ0n) is 9.23. The van der Waals surface area contributed by atoms with Crippen molar-refractivity contribution < 1.29 is 4.39 Å². The van der Waals surface area contributed by atoms with Crippen LogP contribution in [0.1, 0.15) is 11.1 Å². The molecule has 0 bridgehead atoms. The van der Waals surface area contributed by atoms with Crippen molar-refractivity contribution >= 4 is 27.7 Å². The van der Waals surface area contributed by atoms with E-state index in [1.807, 2.05) is 18.2 Å². The van der Waals surface area contributed by atoms with Gasteiger partial charge in [-0.1, -0.05) is 12.1 Å². The predicted molar refractivity (Wildman–Crippen MR) is 72.6 cm³/mol. The molecule has 18 heavy (non-hydrogen) atoms. The largest absolute Gasteiger partial charge is 0.249 e. The monoisotopic (exact) mass is 322 g/mol. The number of hydrogen-bond donors (Lipinski definition) is 0. The second-order valence-corrected chi connectivity index (χ2v) is 5.41. The maximum Gasteiger partial charge on any atom is 0.144 e. The van der Waals surface area contributed by atoms with E-state index in [2.05, 4.69) is 20.9 Å². The molecule has 5 heteroatoms. The topological polar surface area (TPSA) is 36.7 Å². The third kappa shape index (κ3) is 3.09. The minimum absolute atomic E-state index is 0.0804. The van der Waals surface area contributed by atoms with Crippen LogP contribution in [0.15, 0.2) is 46.0 Å². The van der Waals surface area contributed by atoms with Gasteiger partial charge in [-0.15, -0.1) is 11.8 Å². The standard InChI is InChI=1S/C13H8BrFN2S/c14-11-4-5-12(17-7-11)18-8-10-3-1-2-9(6-16)13(10)15/h1-5,7H,8H2. The van der Waals surface area contributed by atoms with Crippen LogP contribution < -0.4 is 0 Å². The van der Waals surface area contributed by atoms with Crippen LogP contribution >= 0.6 is 27.7 Å². The maximum atomic E-state index is 13.8. The van der Waals surface area contributed by atoms with Gasteiger partial charge >= 0.3 is 0 Å². The Morgan fingerprint density at radius 1 is 1.33 bits per heavy atom. The van der Waals surface area contributed by atoms with Gasteiger partial charge in [0.2, 0.25) is 0 Å². The Bertz CT molecular complexity index is 593. The lowest BCUT2D eigenvalue weighted by molar-refractivity contribution is 0.613. The van der Waals surface area contributed by atoms with E-state index in [9.17, 15) is 4.39 Å². The molecule has 1 heterocycles. The summed E-state index contributed by atoms with van der Waals surface area (Å²) in [4.78, 5) is 4.19. The highest BCUT2D eigenvalue weighted by atomic mass is 79.9. The van der Waals surface area contributed by atoms with E-state index in [0.717, 1.165) is 9.50 Å². The molecule has 0 fully saturated rings. The van der Waals surface area contributed by atoms with E-state index < -0.39 is 5.82 Å². The number of pyridine rings is 1. The van der Waals surface area contributed by atoms with Gasteiger partial charge in [0.15, 0.2) is 0 Å².